The van der Waals surface area contributed by atoms with Crippen LogP contribution in [-0.4, -0.2) is 29.0 Å². The summed E-state index contributed by atoms with van der Waals surface area (Å²) in [5.74, 6) is 0.169. The number of benzene rings is 1. The molecule has 0 atom stereocenters. The van der Waals surface area contributed by atoms with E-state index >= 15 is 0 Å². The second kappa shape index (κ2) is 8.57. The first-order valence-electron chi connectivity index (χ1n) is 8.04. The number of rotatable bonds is 7. The van der Waals surface area contributed by atoms with Gasteiger partial charge in [-0.15, -0.1) is 6.58 Å². The monoisotopic (exact) mass is 380 g/mol. The van der Waals surface area contributed by atoms with Crippen molar-refractivity contribution in [3.63, 3.8) is 0 Å². The second-order valence-electron chi connectivity index (χ2n) is 5.79. The molecule has 0 aliphatic carbocycles. The van der Waals surface area contributed by atoms with E-state index in [9.17, 15) is 22.8 Å². The highest BCUT2D eigenvalue weighted by molar-refractivity contribution is 5.76. The SMILES string of the molecule is C=CCN(Cc1ccc(OC)cc1)C(=O)Cn1cc(C(F)(F)F)ccc1=O. The van der Waals surface area contributed by atoms with Crippen LogP contribution in [-0.2, 0) is 24.1 Å². The molecule has 1 amide bonds. The van der Waals surface area contributed by atoms with Gasteiger partial charge in [0.2, 0.25) is 5.91 Å². The zero-order chi connectivity index (χ0) is 20.0. The number of pyridine rings is 1. The number of carbonyl (C=O) groups excluding carboxylic acids is 1. The van der Waals surface area contributed by atoms with Crippen molar-refractivity contribution in [1.82, 2.24) is 9.47 Å². The Labute approximate surface area is 154 Å². The summed E-state index contributed by atoms with van der Waals surface area (Å²) in [6, 6.07) is 8.53. The average Bonchev–Trinajstić information content (AvgIpc) is 2.62. The number of nitrogens with zero attached hydrogens (tertiary/aromatic N) is 2. The molecule has 1 aromatic carbocycles. The van der Waals surface area contributed by atoms with E-state index in [1.54, 1.807) is 24.3 Å². The van der Waals surface area contributed by atoms with Crippen LogP contribution in [0.15, 0.2) is 60.0 Å². The van der Waals surface area contributed by atoms with Gasteiger partial charge in [0.15, 0.2) is 0 Å². The molecule has 0 aliphatic heterocycles. The molecule has 8 heteroatoms. The van der Waals surface area contributed by atoms with Crippen LogP contribution in [0.25, 0.3) is 0 Å². The van der Waals surface area contributed by atoms with E-state index in [2.05, 4.69) is 6.58 Å². The normalized spacial score (nSPS) is 11.1. The summed E-state index contributed by atoms with van der Waals surface area (Å²) < 4.78 is 44.3. The predicted octanol–water partition coefficient (Wildman–Crippen LogP) is 3.09. The number of ether oxygens (including phenoxy) is 1. The van der Waals surface area contributed by atoms with Crippen molar-refractivity contribution < 1.29 is 22.7 Å². The van der Waals surface area contributed by atoms with Gasteiger partial charge in [0.05, 0.1) is 12.7 Å². The number of halogens is 3. The maximum absolute atomic E-state index is 12.8. The minimum Gasteiger partial charge on any atom is -0.497 e. The Bertz CT molecular complexity index is 858. The zero-order valence-electron chi connectivity index (χ0n) is 14.7. The number of aromatic nitrogens is 1. The number of methoxy groups -OCH3 is 1. The first-order chi connectivity index (χ1) is 12.7. The Kier molecular flexibility index (Phi) is 6.44. The standard InChI is InChI=1S/C19H19F3N2O3/c1-3-10-23(11-14-4-7-16(27-2)8-5-14)18(26)13-24-12-15(19(20,21)22)6-9-17(24)25/h3-9,12H,1,10-11,13H2,2H3. The number of carbonyl (C=O) groups is 1. The van der Waals surface area contributed by atoms with Gasteiger partial charge in [-0.3, -0.25) is 9.59 Å². The Balaban J connectivity index is 2.19. The van der Waals surface area contributed by atoms with Gasteiger partial charge in [-0.25, -0.2) is 0 Å². The maximum atomic E-state index is 12.8. The van der Waals surface area contributed by atoms with Gasteiger partial charge in [0.1, 0.15) is 12.3 Å². The number of hydrogen-bond donors (Lipinski definition) is 0. The fourth-order valence-corrected chi connectivity index (χ4v) is 2.43. The van der Waals surface area contributed by atoms with Crippen LogP contribution in [0.5, 0.6) is 5.75 Å². The lowest BCUT2D eigenvalue weighted by Gasteiger charge is -2.22. The van der Waals surface area contributed by atoms with Gasteiger partial charge in [0, 0.05) is 25.4 Å². The molecular weight excluding hydrogens is 361 g/mol. The smallest absolute Gasteiger partial charge is 0.417 e. The number of amides is 1. The van der Waals surface area contributed by atoms with E-state index in [0.29, 0.717) is 18.0 Å². The molecule has 0 fully saturated rings. The molecule has 2 rings (SSSR count). The summed E-state index contributed by atoms with van der Waals surface area (Å²) >= 11 is 0. The molecule has 1 heterocycles. The van der Waals surface area contributed by atoms with Gasteiger partial charge in [0.25, 0.3) is 5.56 Å². The highest BCUT2D eigenvalue weighted by Crippen LogP contribution is 2.28. The number of hydrogen-bond acceptors (Lipinski definition) is 3. The summed E-state index contributed by atoms with van der Waals surface area (Å²) in [6.07, 6.45) is -2.43. The topological polar surface area (TPSA) is 51.5 Å². The lowest BCUT2D eigenvalue weighted by atomic mass is 10.2. The first-order valence-corrected chi connectivity index (χ1v) is 8.04. The zero-order valence-corrected chi connectivity index (χ0v) is 14.7. The molecule has 5 nitrogen and oxygen atoms in total. The van der Waals surface area contributed by atoms with Crippen LogP contribution >= 0.6 is 0 Å². The number of alkyl halides is 3. The summed E-state index contributed by atoms with van der Waals surface area (Å²) in [7, 11) is 1.54. The van der Waals surface area contributed by atoms with E-state index in [1.807, 2.05) is 0 Å². The molecule has 0 saturated carbocycles. The van der Waals surface area contributed by atoms with Crippen LogP contribution < -0.4 is 10.3 Å². The summed E-state index contributed by atoms with van der Waals surface area (Å²) in [5, 5.41) is 0. The average molecular weight is 380 g/mol. The molecule has 0 radical (unpaired) electrons. The molecule has 0 aliphatic rings. The van der Waals surface area contributed by atoms with Crippen molar-refractivity contribution in [3.8, 4) is 5.75 Å². The molecule has 0 unspecified atom stereocenters. The van der Waals surface area contributed by atoms with Crippen molar-refractivity contribution in [2.75, 3.05) is 13.7 Å². The van der Waals surface area contributed by atoms with E-state index < -0.39 is 29.8 Å². The van der Waals surface area contributed by atoms with Crippen LogP contribution in [0.2, 0.25) is 0 Å². The molecule has 0 N–H and O–H groups in total. The summed E-state index contributed by atoms with van der Waals surface area (Å²) in [6.45, 7) is 3.52. The maximum Gasteiger partial charge on any atom is 0.417 e. The molecule has 0 saturated heterocycles. The van der Waals surface area contributed by atoms with Gasteiger partial charge in [-0.1, -0.05) is 18.2 Å². The minimum atomic E-state index is -4.59. The third-order valence-corrected chi connectivity index (χ3v) is 3.85. The third-order valence-electron chi connectivity index (χ3n) is 3.85. The summed E-state index contributed by atoms with van der Waals surface area (Å²) in [4.78, 5) is 25.8. The molecule has 0 bridgehead atoms. The van der Waals surface area contributed by atoms with Gasteiger partial charge < -0.3 is 14.2 Å². The van der Waals surface area contributed by atoms with E-state index in [4.69, 9.17) is 4.74 Å². The highest BCUT2D eigenvalue weighted by Gasteiger charge is 2.31. The summed E-state index contributed by atoms with van der Waals surface area (Å²) in [5.41, 5.74) is -0.859. The fraction of sp³-hybridized carbons (Fsp3) is 0.263. The van der Waals surface area contributed by atoms with Crippen LogP contribution in [0, 0.1) is 0 Å². The van der Waals surface area contributed by atoms with Gasteiger partial charge in [-0.2, -0.15) is 13.2 Å². The second-order valence-corrected chi connectivity index (χ2v) is 5.79. The first kappa shape index (κ1) is 20.3. The van der Waals surface area contributed by atoms with Gasteiger partial charge >= 0.3 is 6.18 Å². The van der Waals surface area contributed by atoms with Crippen molar-refractivity contribution >= 4 is 5.91 Å². The molecule has 27 heavy (non-hydrogen) atoms. The van der Waals surface area contributed by atoms with E-state index in [1.165, 1.54) is 18.1 Å². The Morgan fingerprint density at radius 3 is 2.44 bits per heavy atom. The minimum absolute atomic E-state index is 0.193. The van der Waals surface area contributed by atoms with Crippen LogP contribution in [0.4, 0.5) is 13.2 Å². The fourth-order valence-electron chi connectivity index (χ4n) is 2.43. The predicted molar refractivity (Wildman–Crippen MR) is 94.3 cm³/mol. The van der Waals surface area contributed by atoms with Crippen molar-refractivity contribution in [2.24, 2.45) is 0 Å². The van der Waals surface area contributed by atoms with Crippen LogP contribution in [0.1, 0.15) is 11.1 Å². The lowest BCUT2D eigenvalue weighted by Crippen LogP contribution is -2.36. The Hall–Kier alpha value is -3.03. The van der Waals surface area contributed by atoms with Crippen molar-refractivity contribution in [1.29, 1.82) is 0 Å². The Morgan fingerprint density at radius 1 is 1.22 bits per heavy atom. The molecular formula is C19H19F3N2O3. The van der Waals surface area contributed by atoms with Gasteiger partial charge in [-0.05, 0) is 23.8 Å². The van der Waals surface area contributed by atoms with E-state index in [0.717, 1.165) is 16.2 Å². The molecule has 2 aromatic rings. The van der Waals surface area contributed by atoms with Crippen molar-refractivity contribution in [3.05, 3.63) is 76.7 Å². The van der Waals surface area contributed by atoms with Crippen molar-refractivity contribution in [2.45, 2.75) is 19.3 Å². The molecule has 1 aromatic heterocycles. The molecule has 0 spiro atoms. The van der Waals surface area contributed by atoms with E-state index in [-0.39, 0.29) is 13.1 Å². The highest BCUT2D eigenvalue weighted by atomic mass is 19.4. The quantitative estimate of drug-likeness (QED) is 0.694. The molecule has 144 valence electrons. The third kappa shape index (κ3) is 5.47. The Morgan fingerprint density at radius 2 is 1.89 bits per heavy atom. The van der Waals surface area contributed by atoms with Crippen LogP contribution in [0.3, 0.4) is 0 Å². The largest absolute Gasteiger partial charge is 0.497 e. The lowest BCUT2D eigenvalue weighted by molar-refractivity contribution is -0.138.